The van der Waals surface area contributed by atoms with Gasteiger partial charge in [-0.1, -0.05) is 0 Å². The molecule has 126 valence electrons. The van der Waals surface area contributed by atoms with Crippen molar-refractivity contribution in [2.24, 2.45) is 5.11 Å². The van der Waals surface area contributed by atoms with Gasteiger partial charge in [-0.3, -0.25) is 9.47 Å². The summed E-state index contributed by atoms with van der Waals surface area (Å²) in [6.45, 7) is 2.39. The van der Waals surface area contributed by atoms with Crippen LogP contribution in [-0.4, -0.2) is 72.6 Å². The van der Waals surface area contributed by atoms with Crippen LogP contribution in [0.15, 0.2) is 11.4 Å². The number of nitrogens with zero attached hydrogens (tertiary/aromatic N) is 8. The third-order valence-electron chi connectivity index (χ3n) is 4.19. The first-order chi connectivity index (χ1) is 11.6. The molecule has 0 aromatic carbocycles. The Labute approximate surface area is 135 Å². The predicted octanol–water partition coefficient (Wildman–Crippen LogP) is -0.715. The Balaban J connectivity index is 1.78. The number of fused-ring (bicyclic) bond motifs is 1. The monoisotopic (exact) mass is 333 g/mol. The van der Waals surface area contributed by atoms with Crippen LogP contribution in [0.4, 0.5) is 11.8 Å². The molecule has 0 aliphatic carbocycles. The van der Waals surface area contributed by atoms with Crippen molar-refractivity contribution < 1.29 is 14.9 Å². The molecule has 4 rings (SSSR count). The molecular formula is C12H15N9O3. The van der Waals surface area contributed by atoms with Crippen LogP contribution in [0.1, 0.15) is 6.23 Å². The zero-order valence-corrected chi connectivity index (χ0v) is 12.5. The zero-order chi connectivity index (χ0) is 16.8. The van der Waals surface area contributed by atoms with Gasteiger partial charge in [-0.2, -0.15) is 0 Å². The summed E-state index contributed by atoms with van der Waals surface area (Å²) in [5.41, 5.74) is 15.0. The minimum atomic E-state index is -1.23. The van der Waals surface area contributed by atoms with Crippen LogP contribution in [0.2, 0.25) is 0 Å². The van der Waals surface area contributed by atoms with Gasteiger partial charge in [-0.25, -0.2) is 15.0 Å². The SMILES string of the molecule is [N-]=[N+]=Nc1nc2c(N)ncnc2n1[C@@H]1O[C@H](CN2CC2)[C@@H](O)[C@H]1O. The first-order valence-corrected chi connectivity index (χ1v) is 7.37. The number of rotatable bonds is 4. The number of anilines is 1. The van der Waals surface area contributed by atoms with E-state index in [0.717, 1.165) is 13.1 Å². The van der Waals surface area contributed by atoms with Gasteiger partial charge in [0.1, 0.15) is 24.6 Å². The van der Waals surface area contributed by atoms with Gasteiger partial charge in [0.25, 0.3) is 0 Å². The molecule has 12 nitrogen and oxygen atoms in total. The van der Waals surface area contributed by atoms with Gasteiger partial charge in [0, 0.05) is 24.5 Å². The van der Waals surface area contributed by atoms with Crippen LogP contribution >= 0.6 is 0 Å². The van der Waals surface area contributed by atoms with Gasteiger partial charge in [-0.05, 0) is 10.6 Å². The summed E-state index contributed by atoms with van der Waals surface area (Å²) in [7, 11) is 0. The molecule has 4 heterocycles. The standard InChI is InChI=1S/C12H15N9O3/c13-9-6-10(16-4-15-9)21(12(17-6)18-19-14)11-8(23)7(22)5(24-11)3-20-1-2-20/h4-5,7-8,11,22-23H,1-3H2,(H2,13,15,16)/t5-,7-,8-,11-/m1/s1. The van der Waals surface area contributed by atoms with Crippen LogP contribution in [0.25, 0.3) is 21.6 Å². The molecule has 2 saturated heterocycles. The second-order valence-electron chi connectivity index (χ2n) is 5.75. The lowest BCUT2D eigenvalue weighted by Gasteiger charge is -2.18. The Morgan fingerprint density at radius 3 is 2.88 bits per heavy atom. The van der Waals surface area contributed by atoms with Crippen molar-refractivity contribution in [3.05, 3.63) is 16.8 Å². The number of imidazole rings is 1. The van der Waals surface area contributed by atoms with Gasteiger partial charge < -0.3 is 20.7 Å². The van der Waals surface area contributed by atoms with Crippen LogP contribution in [0.5, 0.6) is 0 Å². The number of hydrogen-bond donors (Lipinski definition) is 3. The van der Waals surface area contributed by atoms with Crippen molar-refractivity contribution in [3.8, 4) is 0 Å². The molecule has 0 saturated carbocycles. The van der Waals surface area contributed by atoms with Crippen molar-refractivity contribution >= 4 is 22.9 Å². The summed E-state index contributed by atoms with van der Waals surface area (Å²) in [6.07, 6.45) is -2.63. The van der Waals surface area contributed by atoms with E-state index in [9.17, 15) is 10.2 Å². The molecule has 0 radical (unpaired) electrons. The third-order valence-corrected chi connectivity index (χ3v) is 4.19. The van der Waals surface area contributed by atoms with Gasteiger partial charge in [-0.15, -0.1) is 0 Å². The van der Waals surface area contributed by atoms with Gasteiger partial charge in [0.05, 0.1) is 0 Å². The highest BCUT2D eigenvalue weighted by atomic mass is 16.6. The number of aliphatic hydroxyl groups is 2. The predicted molar refractivity (Wildman–Crippen MR) is 80.9 cm³/mol. The molecule has 4 N–H and O–H groups in total. The molecule has 24 heavy (non-hydrogen) atoms. The minimum Gasteiger partial charge on any atom is -0.387 e. The fourth-order valence-electron chi connectivity index (χ4n) is 2.86. The highest BCUT2D eigenvalue weighted by Gasteiger charge is 2.46. The van der Waals surface area contributed by atoms with E-state index >= 15 is 0 Å². The average Bonchev–Trinajstić information content (AvgIpc) is 3.25. The fourth-order valence-corrected chi connectivity index (χ4v) is 2.86. The van der Waals surface area contributed by atoms with Crippen molar-refractivity contribution in [1.29, 1.82) is 0 Å². The Kier molecular flexibility index (Phi) is 3.48. The van der Waals surface area contributed by atoms with E-state index in [0.29, 0.717) is 6.54 Å². The Hall–Kier alpha value is -2.50. The molecule has 0 spiro atoms. The maximum atomic E-state index is 10.4. The third kappa shape index (κ3) is 2.33. The molecule has 4 atom stereocenters. The zero-order valence-electron chi connectivity index (χ0n) is 12.5. The molecule has 0 amide bonds. The number of nitrogen functional groups attached to an aromatic ring is 1. The van der Waals surface area contributed by atoms with E-state index in [-0.39, 0.29) is 22.9 Å². The number of ether oxygens (including phenoxy) is 1. The van der Waals surface area contributed by atoms with E-state index in [1.54, 1.807) is 0 Å². The molecule has 2 aliphatic rings. The Bertz CT molecular complexity index is 829. The topological polar surface area (TPSA) is 171 Å². The van der Waals surface area contributed by atoms with Crippen LogP contribution in [0, 0.1) is 0 Å². The summed E-state index contributed by atoms with van der Waals surface area (Å²) in [4.78, 5) is 16.8. The van der Waals surface area contributed by atoms with E-state index in [1.807, 2.05) is 0 Å². The lowest BCUT2D eigenvalue weighted by Crippen LogP contribution is -2.35. The van der Waals surface area contributed by atoms with Crippen molar-refractivity contribution in [3.63, 3.8) is 0 Å². The van der Waals surface area contributed by atoms with E-state index in [1.165, 1.54) is 10.9 Å². The number of aliphatic hydroxyl groups excluding tert-OH is 2. The number of azide groups is 1. The van der Waals surface area contributed by atoms with Gasteiger partial charge in [0.2, 0.25) is 5.95 Å². The summed E-state index contributed by atoms with van der Waals surface area (Å²) in [5.74, 6) is 0.0464. The van der Waals surface area contributed by atoms with Crippen LogP contribution < -0.4 is 5.73 Å². The molecule has 2 aromatic rings. The van der Waals surface area contributed by atoms with E-state index in [2.05, 4.69) is 29.9 Å². The van der Waals surface area contributed by atoms with E-state index < -0.39 is 24.5 Å². The fraction of sp³-hybridized carbons (Fsp3) is 0.583. The molecular weight excluding hydrogens is 318 g/mol. The number of aromatic nitrogens is 4. The maximum Gasteiger partial charge on any atom is 0.201 e. The Morgan fingerprint density at radius 1 is 1.38 bits per heavy atom. The van der Waals surface area contributed by atoms with Crippen molar-refractivity contribution in [1.82, 2.24) is 24.4 Å². The molecule has 2 aliphatic heterocycles. The van der Waals surface area contributed by atoms with E-state index in [4.69, 9.17) is 16.0 Å². The van der Waals surface area contributed by atoms with Gasteiger partial charge in [0.15, 0.2) is 23.2 Å². The summed E-state index contributed by atoms with van der Waals surface area (Å²) in [5, 5.41) is 24.2. The summed E-state index contributed by atoms with van der Waals surface area (Å²) in [6, 6.07) is 0. The molecule has 2 fully saturated rings. The van der Waals surface area contributed by atoms with Crippen LogP contribution in [0.3, 0.4) is 0 Å². The molecule has 12 heteroatoms. The highest BCUT2D eigenvalue weighted by molar-refractivity contribution is 5.83. The largest absolute Gasteiger partial charge is 0.387 e. The smallest absolute Gasteiger partial charge is 0.201 e. The lowest BCUT2D eigenvalue weighted by molar-refractivity contribution is -0.0365. The maximum absolute atomic E-state index is 10.4. The quantitative estimate of drug-likeness (QED) is 0.285. The highest BCUT2D eigenvalue weighted by Crippen LogP contribution is 2.36. The lowest BCUT2D eigenvalue weighted by atomic mass is 10.1. The number of nitrogens with two attached hydrogens (primary N) is 1. The van der Waals surface area contributed by atoms with Gasteiger partial charge >= 0.3 is 0 Å². The first kappa shape index (κ1) is 15.1. The number of hydrogen-bond acceptors (Lipinski definition) is 9. The molecule has 2 aromatic heterocycles. The van der Waals surface area contributed by atoms with Crippen molar-refractivity contribution in [2.45, 2.75) is 24.5 Å². The molecule has 0 unspecified atom stereocenters. The molecule has 0 bridgehead atoms. The summed E-state index contributed by atoms with van der Waals surface area (Å²) >= 11 is 0. The second kappa shape index (κ2) is 5.54. The summed E-state index contributed by atoms with van der Waals surface area (Å²) < 4.78 is 7.15. The Morgan fingerprint density at radius 2 is 2.17 bits per heavy atom. The van der Waals surface area contributed by atoms with Crippen LogP contribution in [-0.2, 0) is 4.74 Å². The average molecular weight is 333 g/mol. The normalized spacial score (nSPS) is 29.8. The minimum absolute atomic E-state index is 0.0664. The second-order valence-corrected chi connectivity index (χ2v) is 5.75. The first-order valence-electron chi connectivity index (χ1n) is 7.37. The van der Waals surface area contributed by atoms with Crippen molar-refractivity contribution in [2.75, 3.05) is 25.4 Å².